The molecule has 2 N–H and O–H groups in total. The summed E-state index contributed by atoms with van der Waals surface area (Å²) in [5.41, 5.74) is 2.02. The van der Waals surface area contributed by atoms with Crippen molar-refractivity contribution in [2.45, 2.75) is 52.4 Å². The number of hydrogen-bond donors (Lipinski definition) is 2. The molecule has 2 atom stereocenters. The number of para-hydroxylation sites is 1. The van der Waals surface area contributed by atoms with Gasteiger partial charge in [-0.3, -0.25) is 4.90 Å². The molecule has 1 fully saturated rings. The van der Waals surface area contributed by atoms with Crippen LogP contribution in [-0.4, -0.2) is 42.8 Å². The molecular formula is C18H29N3O2. The highest BCUT2D eigenvalue weighted by Crippen LogP contribution is 2.20. The van der Waals surface area contributed by atoms with E-state index in [0.717, 1.165) is 43.7 Å². The number of urea groups is 1. The largest absolute Gasteiger partial charge is 0.373 e. The molecular weight excluding hydrogens is 290 g/mol. The van der Waals surface area contributed by atoms with E-state index in [1.54, 1.807) is 0 Å². The molecule has 1 saturated heterocycles. The zero-order chi connectivity index (χ0) is 16.7. The highest BCUT2D eigenvalue weighted by atomic mass is 16.5. The number of amides is 2. The molecule has 1 heterocycles. The quantitative estimate of drug-likeness (QED) is 0.792. The molecule has 2 unspecified atom stereocenters. The van der Waals surface area contributed by atoms with Gasteiger partial charge in [0, 0.05) is 31.9 Å². The number of carbonyl (C=O) groups is 1. The van der Waals surface area contributed by atoms with Gasteiger partial charge in [0.1, 0.15) is 0 Å². The van der Waals surface area contributed by atoms with Gasteiger partial charge in [0.15, 0.2) is 0 Å². The number of nitrogens with one attached hydrogen (secondary N) is 2. The van der Waals surface area contributed by atoms with Crippen LogP contribution in [0.5, 0.6) is 0 Å². The van der Waals surface area contributed by atoms with E-state index in [4.69, 9.17) is 4.74 Å². The Balaban J connectivity index is 1.95. The van der Waals surface area contributed by atoms with Crippen LogP contribution in [0.4, 0.5) is 10.5 Å². The van der Waals surface area contributed by atoms with Gasteiger partial charge in [0.25, 0.3) is 0 Å². The molecule has 0 radical (unpaired) electrons. The van der Waals surface area contributed by atoms with Gasteiger partial charge in [-0.25, -0.2) is 4.79 Å². The van der Waals surface area contributed by atoms with Crippen molar-refractivity contribution in [1.82, 2.24) is 10.2 Å². The maximum atomic E-state index is 12.0. The van der Waals surface area contributed by atoms with Gasteiger partial charge in [-0.15, -0.1) is 0 Å². The second-order valence-corrected chi connectivity index (χ2v) is 6.34. The number of anilines is 1. The Morgan fingerprint density at radius 2 is 1.96 bits per heavy atom. The summed E-state index contributed by atoms with van der Waals surface area (Å²) in [6.07, 6.45) is 2.57. The number of morpholine rings is 1. The van der Waals surface area contributed by atoms with Gasteiger partial charge in [-0.2, -0.15) is 0 Å². The summed E-state index contributed by atoms with van der Waals surface area (Å²) in [5, 5.41) is 5.87. The molecule has 128 valence electrons. The first kappa shape index (κ1) is 17.8. The van der Waals surface area contributed by atoms with Crippen molar-refractivity contribution in [1.29, 1.82) is 0 Å². The molecule has 1 aliphatic heterocycles. The lowest BCUT2D eigenvalue weighted by Crippen LogP contribution is -2.45. The van der Waals surface area contributed by atoms with Gasteiger partial charge < -0.3 is 15.4 Å². The fourth-order valence-corrected chi connectivity index (χ4v) is 2.98. The smallest absolute Gasteiger partial charge is 0.319 e. The van der Waals surface area contributed by atoms with E-state index in [0.29, 0.717) is 6.54 Å². The molecule has 5 heteroatoms. The normalized spacial score (nSPS) is 21.9. The molecule has 2 amide bonds. The van der Waals surface area contributed by atoms with Crippen LogP contribution >= 0.6 is 0 Å². The third-order valence-corrected chi connectivity index (χ3v) is 3.97. The molecule has 2 rings (SSSR count). The zero-order valence-corrected chi connectivity index (χ0v) is 14.5. The Morgan fingerprint density at radius 1 is 1.26 bits per heavy atom. The van der Waals surface area contributed by atoms with E-state index in [9.17, 15) is 4.79 Å². The van der Waals surface area contributed by atoms with Gasteiger partial charge in [0.05, 0.1) is 12.2 Å². The van der Waals surface area contributed by atoms with E-state index >= 15 is 0 Å². The Hall–Kier alpha value is -1.59. The number of benzene rings is 1. The Bertz CT molecular complexity index is 497. The maximum Gasteiger partial charge on any atom is 0.319 e. The van der Waals surface area contributed by atoms with E-state index in [2.05, 4.69) is 42.4 Å². The van der Waals surface area contributed by atoms with Crippen molar-refractivity contribution >= 4 is 11.7 Å². The average Bonchev–Trinajstić information content (AvgIpc) is 2.48. The second kappa shape index (κ2) is 8.89. The fourth-order valence-electron chi connectivity index (χ4n) is 2.98. The van der Waals surface area contributed by atoms with Crippen LogP contribution in [0.2, 0.25) is 0 Å². The lowest BCUT2D eigenvalue weighted by Gasteiger charge is -2.35. The molecule has 1 aromatic carbocycles. The summed E-state index contributed by atoms with van der Waals surface area (Å²) in [7, 11) is 0. The van der Waals surface area contributed by atoms with Gasteiger partial charge in [-0.1, -0.05) is 31.5 Å². The second-order valence-electron chi connectivity index (χ2n) is 6.34. The summed E-state index contributed by atoms with van der Waals surface area (Å²) >= 11 is 0. The summed E-state index contributed by atoms with van der Waals surface area (Å²) in [5.74, 6) is 0. The molecule has 1 aromatic rings. The van der Waals surface area contributed by atoms with Crippen LogP contribution in [0.3, 0.4) is 0 Å². The molecule has 0 saturated carbocycles. The zero-order valence-electron chi connectivity index (χ0n) is 14.5. The number of ether oxygens (including phenoxy) is 1. The Morgan fingerprint density at radius 3 is 2.65 bits per heavy atom. The van der Waals surface area contributed by atoms with Crippen LogP contribution in [-0.2, 0) is 11.3 Å². The van der Waals surface area contributed by atoms with Gasteiger partial charge >= 0.3 is 6.03 Å². The molecule has 23 heavy (non-hydrogen) atoms. The van der Waals surface area contributed by atoms with Gasteiger partial charge in [-0.05, 0) is 31.9 Å². The van der Waals surface area contributed by atoms with Crippen molar-refractivity contribution in [2.75, 3.05) is 25.0 Å². The summed E-state index contributed by atoms with van der Waals surface area (Å²) in [4.78, 5) is 14.4. The molecule has 0 spiro atoms. The summed E-state index contributed by atoms with van der Waals surface area (Å²) in [6.45, 7) is 9.69. The van der Waals surface area contributed by atoms with Crippen molar-refractivity contribution in [3.8, 4) is 0 Å². The van der Waals surface area contributed by atoms with Gasteiger partial charge in [0.2, 0.25) is 0 Å². The maximum absolute atomic E-state index is 12.0. The Kier molecular flexibility index (Phi) is 6.86. The minimum absolute atomic E-state index is 0.130. The van der Waals surface area contributed by atoms with Crippen molar-refractivity contribution in [3.05, 3.63) is 29.8 Å². The number of rotatable bonds is 6. The molecule has 5 nitrogen and oxygen atoms in total. The average molecular weight is 319 g/mol. The first-order chi connectivity index (χ1) is 11.1. The highest BCUT2D eigenvalue weighted by Gasteiger charge is 2.22. The minimum atomic E-state index is -0.130. The topological polar surface area (TPSA) is 53.6 Å². The minimum Gasteiger partial charge on any atom is -0.373 e. The number of hydrogen-bond acceptors (Lipinski definition) is 3. The molecule has 1 aliphatic rings. The van der Waals surface area contributed by atoms with Crippen LogP contribution in [0.15, 0.2) is 24.3 Å². The predicted octanol–water partition coefficient (Wildman–Crippen LogP) is 3.22. The summed E-state index contributed by atoms with van der Waals surface area (Å²) < 4.78 is 5.78. The van der Waals surface area contributed by atoms with Crippen LogP contribution in [0, 0.1) is 0 Å². The molecule has 0 aliphatic carbocycles. The Labute approximate surface area is 139 Å². The third-order valence-electron chi connectivity index (χ3n) is 3.97. The monoisotopic (exact) mass is 319 g/mol. The lowest BCUT2D eigenvalue weighted by molar-refractivity contribution is -0.0704. The number of unbranched alkanes of at least 4 members (excludes halogenated alkanes) is 1. The fraction of sp³-hybridized carbons (Fsp3) is 0.611. The van der Waals surface area contributed by atoms with E-state index < -0.39 is 0 Å². The van der Waals surface area contributed by atoms with Crippen LogP contribution in [0.1, 0.15) is 39.2 Å². The van der Waals surface area contributed by atoms with Crippen LogP contribution < -0.4 is 10.6 Å². The summed E-state index contributed by atoms with van der Waals surface area (Å²) in [6, 6.07) is 7.88. The number of nitrogens with zero attached hydrogens (tertiary/aromatic N) is 1. The lowest BCUT2D eigenvalue weighted by atomic mass is 10.1. The third kappa shape index (κ3) is 5.84. The van der Waals surface area contributed by atoms with E-state index in [1.807, 2.05) is 18.2 Å². The van der Waals surface area contributed by atoms with Crippen molar-refractivity contribution in [2.24, 2.45) is 0 Å². The predicted molar refractivity (Wildman–Crippen MR) is 93.7 cm³/mol. The molecule has 0 aromatic heterocycles. The highest BCUT2D eigenvalue weighted by molar-refractivity contribution is 5.90. The van der Waals surface area contributed by atoms with Crippen molar-refractivity contribution in [3.63, 3.8) is 0 Å². The first-order valence-electron chi connectivity index (χ1n) is 8.59. The van der Waals surface area contributed by atoms with E-state index in [-0.39, 0.29) is 18.2 Å². The standard InChI is InChI=1S/C18H29N3O2/c1-4-5-10-19-18(22)20-17-9-7-6-8-16(17)13-21-11-14(2)23-15(3)12-21/h6-9,14-15H,4-5,10-13H2,1-3H3,(H2,19,20,22). The number of carbonyl (C=O) groups excluding carboxylic acids is 1. The van der Waals surface area contributed by atoms with Crippen molar-refractivity contribution < 1.29 is 9.53 Å². The first-order valence-corrected chi connectivity index (χ1v) is 8.59. The SMILES string of the molecule is CCCCNC(=O)Nc1ccccc1CN1CC(C)OC(C)C1. The van der Waals surface area contributed by atoms with Crippen LogP contribution in [0.25, 0.3) is 0 Å². The van der Waals surface area contributed by atoms with E-state index in [1.165, 1.54) is 0 Å². The molecule has 0 bridgehead atoms.